The molecule has 1 N–H and O–H groups in total. The van der Waals surface area contributed by atoms with E-state index < -0.39 is 0 Å². The minimum Gasteiger partial charge on any atom is -0.338 e. The normalized spacial score (nSPS) is 14.6. The fourth-order valence-corrected chi connectivity index (χ4v) is 4.85. The summed E-state index contributed by atoms with van der Waals surface area (Å²) in [5, 5.41) is 9.34. The Morgan fingerprint density at radius 1 is 1.33 bits per heavy atom. The van der Waals surface area contributed by atoms with Gasteiger partial charge in [-0.2, -0.15) is 5.10 Å². The van der Waals surface area contributed by atoms with Crippen LogP contribution in [-0.4, -0.2) is 39.1 Å². The van der Waals surface area contributed by atoms with Gasteiger partial charge in [-0.1, -0.05) is 18.7 Å². The number of amides is 1. The molecule has 134 valence electrons. The van der Waals surface area contributed by atoms with Crippen LogP contribution in [0.4, 0.5) is 0 Å². The Bertz CT molecular complexity index is 1200. The summed E-state index contributed by atoms with van der Waals surface area (Å²) in [7, 11) is 0. The maximum Gasteiger partial charge on any atom is 0.245 e. The summed E-state index contributed by atoms with van der Waals surface area (Å²) in [5.74, 6) is 0.402. The predicted molar refractivity (Wildman–Crippen MR) is 109 cm³/mol. The second kappa shape index (κ2) is 6.03. The topological polar surface area (TPSA) is 61.9 Å². The summed E-state index contributed by atoms with van der Waals surface area (Å²) in [6.45, 7) is 7.18. The van der Waals surface area contributed by atoms with Gasteiger partial charge in [0, 0.05) is 30.0 Å². The zero-order valence-corrected chi connectivity index (χ0v) is 15.7. The number of fused-ring (bicyclic) bond motifs is 2. The van der Waals surface area contributed by atoms with Crippen molar-refractivity contribution in [2.24, 2.45) is 0 Å². The van der Waals surface area contributed by atoms with Gasteiger partial charge in [0.1, 0.15) is 5.01 Å². The lowest BCUT2D eigenvalue weighted by atomic mass is 9.91. The van der Waals surface area contributed by atoms with Crippen LogP contribution in [0.15, 0.2) is 49.2 Å². The standard InChI is InChI=1S/C21H18N4OS/c1-3-19(26)25-10-14(11-25)13-5-7-17-18(8-13)27-21(23-17)20-12(2)4-6-16-15(20)9-22-24-16/h3-9,14H,1,10-11H2,2H3,(H,22,24). The molecule has 5 rings (SSSR count). The van der Waals surface area contributed by atoms with Gasteiger partial charge in [0.25, 0.3) is 0 Å². The van der Waals surface area contributed by atoms with Crippen LogP contribution in [0.3, 0.4) is 0 Å². The van der Waals surface area contributed by atoms with Gasteiger partial charge >= 0.3 is 0 Å². The first-order chi connectivity index (χ1) is 13.1. The molecule has 0 radical (unpaired) electrons. The predicted octanol–water partition coefficient (Wildman–Crippen LogP) is 4.26. The molecule has 0 unspecified atom stereocenters. The number of nitrogens with one attached hydrogen (secondary N) is 1. The van der Waals surface area contributed by atoms with Gasteiger partial charge in [-0.15, -0.1) is 11.3 Å². The van der Waals surface area contributed by atoms with Crippen LogP contribution in [0, 0.1) is 6.92 Å². The Labute approximate surface area is 160 Å². The van der Waals surface area contributed by atoms with E-state index in [9.17, 15) is 4.79 Å². The molecule has 2 aromatic carbocycles. The minimum absolute atomic E-state index is 0.0103. The lowest BCUT2D eigenvalue weighted by Gasteiger charge is -2.39. The van der Waals surface area contributed by atoms with E-state index in [1.165, 1.54) is 21.9 Å². The fraction of sp³-hybridized carbons (Fsp3) is 0.190. The highest BCUT2D eigenvalue weighted by atomic mass is 32.1. The highest BCUT2D eigenvalue weighted by molar-refractivity contribution is 7.21. The summed E-state index contributed by atoms with van der Waals surface area (Å²) in [6, 6.07) is 10.6. The molecular weight excluding hydrogens is 356 g/mol. The summed E-state index contributed by atoms with van der Waals surface area (Å²) in [5.41, 5.74) is 5.65. The number of rotatable bonds is 3. The third-order valence-corrected chi connectivity index (χ3v) is 6.33. The highest BCUT2D eigenvalue weighted by Gasteiger charge is 2.30. The molecule has 1 aliphatic heterocycles. The van der Waals surface area contributed by atoms with Crippen LogP contribution < -0.4 is 0 Å². The second-order valence-corrected chi connectivity index (χ2v) is 8.01. The number of likely N-dealkylation sites (tertiary alicyclic amines) is 1. The molecule has 4 aromatic rings. The first-order valence-electron chi connectivity index (χ1n) is 8.89. The van der Waals surface area contributed by atoms with Gasteiger partial charge in [0.05, 0.1) is 21.9 Å². The molecule has 0 saturated carbocycles. The van der Waals surface area contributed by atoms with E-state index in [1.807, 2.05) is 11.1 Å². The van der Waals surface area contributed by atoms with E-state index in [-0.39, 0.29) is 5.91 Å². The molecule has 1 aliphatic rings. The molecular formula is C21H18N4OS. The molecule has 5 nitrogen and oxygen atoms in total. The van der Waals surface area contributed by atoms with Crippen LogP contribution in [0.25, 0.3) is 31.7 Å². The van der Waals surface area contributed by atoms with Crippen molar-refractivity contribution in [2.45, 2.75) is 12.8 Å². The Balaban J connectivity index is 1.51. The Kier molecular flexibility index (Phi) is 3.62. The first-order valence-corrected chi connectivity index (χ1v) is 9.70. The maximum absolute atomic E-state index is 11.7. The highest BCUT2D eigenvalue weighted by Crippen LogP contribution is 2.38. The van der Waals surface area contributed by atoms with E-state index in [0.717, 1.165) is 40.1 Å². The van der Waals surface area contributed by atoms with Crippen molar-refractivity contribution >= 4 is 38.4 Å². The van der Waals surface area contributed by atoms with E-state index in [2.05, 4.69) is 54.0 Å². The summed E-state index contributed by atoms with van der Waals surface area (Å²) >= 11 is 1.71. The number of aryl methyl sites for hydroxylation is 1. The molecule has 1 fully saturated rings. The van der Waals surface area contributed by atoms with Gasteiger partial charge in [0.15, 0.2) is 0 Å². The second-order valence-electron chi connectivity index (χ2n) is 6.98. The zero-order valence-electron chi connectivity index (χ0n) is 14.9. The fourth-order valence-electron chi connectivity index (χ4n) is 3.71. The average molecular weight is 374 g/mol. The van der Waals surface area contributed by atoms with Crippen molar-refractivity contribution in [1.29, 1.82) is 0 Å². The third kappa shape index (κ3) is 2.56. The molecule has 1 saturated heterocycles. The lowest BCUT2D eigenvalue weighted by Crippen LogP contribution is -2.47. The Hall–Kier alpha value is -2.99. The van der Waals surface area contributed by atoms with Crippen LogP contribution in [-0.2, 0) is 4.79 Å². The number of hydrogen-bond acceptors (Lipinski definition) is 4. The SMILES string of the molecule is C=CC(=O)N1CC(c2ccc3nc(-c4c(C)ccc5[nH]ncc45)sc3c2)C1. The third-order valence-electron chi connectivity index (χ3n) is 5.30. The molecule has 0 aliphatic carbocycles. The minimum atomic E-state index is 0.0103. The van der Waals surface area contributed by atoms with Crippen LogP contribution in [0.2, 0.25) is 0 Å². The van der Waals surface area contributed by atoms with Crippen molar-refractivity contribution in [3.8, 4) is 10.6 Å². The van der Waals surface area contributed by atoms with E-state index in [0.29, 0.717) is 5.92 Å². The number of carbonyl (C=O) groups is 1. The van der Waals surface area contributed by atoms with Crippen molar-refractivity contribution < 1.29 is 4.79 Å². The van der Waals surface area contributed by atoms with Crippen molar-refractivity contribution in [3.05, 3.63) is 60.3 Å². The number of nitrogens with zero attached hydrogens (tertiary/aromatic N) is 3. The molecule has 0 atom stereocenters. The molecule has 27 heavy (non-hydrogen) atoms. The summed E-state index contributed by atoms with van der Waals surface area (Å²) < 4.78 is 1.18. The van der Waals surface area contributed by atoms with Gasteiger partial charge in [-0.05, 0) is 42.3 Å². The van der Waals surface area contributed by atoms with Crippen LogP contribution in [0.1, 0.15) is 17.0 Å². The number of carbonyl (C=O) groups excluding carboxylic acids is 1. The average Bonchev–Trinajstić information content (AvgIpc) is 3.26. The monoisotopic (exact) mass is 374 g/mol. The molecule has 3 heterocycles. The smallest absolute Gasteiger partial charge is 0.245 e. The van der Waals surface area contributed by atoms with Crippen LogP contribution in [0.5, 0.6) is 0 Å². The maximum atomic E-state index is 11.7. The largest absolute Gasteiger partial charge is 0.338 e. The van der Waals surface area contributed by atoms with Gasteiger partial charge < -0.3 is 4.90 Å². The Morgan fingerprint density at radius 2 is 2.19 bits per heavy atom. The van der Waals surface area contributed by atoms with Crippen molar-refractivity contribution in [2.75, 3.05) is 13.1 Å². The van der Waals surface area contributed by atoms with Crippen LogP contribution >= 0.6 is 11.3 Å². The Morgan fingerprint density at radius 3 is 3.00 bits per heavy atom. The van der Waals surface area contributed by atoms with Gasteiger partial charge in [0.2, 0.25) is 5.91 Å². The lowest BCUT2D eigenvalue weighted by molar-refractivity contribution is -0.130. The van der Waals surface area contributed by atoms with Crippen molar-refractivity contribution in [1.82, 2.24) is 20.1 Å². The molecule has 0 spiro atoms. The number of hydrogen-bond donors (Lipinski definition) is 1. The summed E-state index contributed by atoms with van der Waals surface area (Å²) in [6.07, 6.45) is 3.25. The van der Waals surface area contributed by atoms with Gasteiger partial charge in [-0.3, -0.25) is 9.89 Å². The van der Waals surface area contributed by atoms with E-state index >= 15 is 0 Å². The quantitative estimate of drug-likeness (QED) is 0.545. The van der Waals surface area contributed by atoms with Gasteiger partial charge in [-0.25, -0.2) is 4.98 Å². The number of aromatic nitrogens is 3. The first kappa shape index (κ1) is 16.2. The van der Waals surface area contributed by atoms with Crippen molar-refractivity contribution in [3.63, 3.8) is 0 Å². The van der Waals surface area contributed by atoms with E-state index in [1.54, 1.807) is 11.3 Å². The number of H-pyrrole nitrogens is 1. The molecule has 1 amide bonds. The molecule has 0 bridgehead atoms. The number of benzene rings is 2. The summed E-state index contributed by atoms with van der Waals surface area (Å²) in [4.78, 5) is 18.3. The molecule has 6 heteroatoms. The number of thiazole rings is 1. The van der Waals surface area contributed by atoms with E-state index in [4.69, 9.17) is 4.98 Å². The zero-order chi connectivity index (χ0) is 18.5. The molecule has 2 aromatic heterocycles. The number of aromatic amines is 1.